The van der Waals surface area contributed by atoms with Gasteiger partial charge in [-0.05, 0) is 79.7 Å². The van der Waals surface area contributed by atoms with Gasteiger partial charge in [0.25, 0.3) is 0 Å². The summed E-state index contributed by atoms with van der Waals surface area (Å²) in [6.07, 6.45) is 12.5. The van der Waals surface area contributed by atoms with Gasteiger partial charge in [0.2, 0.25) is 5.88 Å². The lowest BCUT2D eigenvalue weighted by Gasteiger charge is -2.65. The van der Waals surface area contributed by atoms with Crippen LogP contribution in [0.3, 0.4) is 0 Å². The zero-order valence-electron chi connectivity index (χ0n) is 21.9. The van der Waals surface area contributed by atoms with E-state index in [0.29, 0.717) is 24.4 Å². The topological polar surface area (TPSA) is 77.9 Å². The molecule has 6 heteroatoms. The van der Waals surface area contributed by atoms with Crippen molar-refractivity contribution >= 4 is 5.97 Å². The highest BCUT2D eigenvalue weighted by molar-refractivity contribution is 5.90. The number of carboxylic acids is 1. The number of ether oxygens (including phenoxy) is 3. The fourth-order valence-electron chi connectivity index (χ4n) is 8.60. The van der Waals surface area contributed by atoms with Crippen LogP contribution in [0.2, 0.25) is 0 Å². The third kappa shape index (κ3) is 4.39. The van der Waals surface area contributed by atoms with E-state index in [1.54, 1.807) is 18.3 Å². The summed E-state index contributed by atoms with van der Waals surface area (Å²) in [6, 6.07) is 3.19. The van der Waals surface area contributed by atoms with Crippen molar-refractivity contribution in [3.63, 3.8) is 0 Å². The Labute approximate surface area is 210 Å². The van der Waals surface area contributed by atoms with E-state index in [2.05, 4.69) is 32.7 Å². The maximum absolute atomic E-state index is 11.6. The number of aromatic carboxylic acids is 1. The molecule has 6 nitrogen and oxygen atoms in total. The Morgan fingerprint density at radius 2 is 1.89 bits per heavy atom. The number of hydrogen-bond acceptors (Lipinski definition) is 5. The second-order valence-electron chi connectivity index (χ2n) is 12.8. The van der Waals surface area contributed by atoms with E-state index >= 15 is 0 Å². The standard InChI is InChI=1S/C29H43NO5/c1-27(2)14-11-22-28(3,21(27)13-17-33-24-20(25(31)32)10-7-16-30-24)15-12-23-29(22,4)18-34-26(35-23)19-8-5-6-9-19/h7,10,16,19,21-23,26H,5-6,8-9,11-15,17-18H2,1-4H3,(H,31,32)/t21-,22?,23-,26-,28+,29+/m1/s1. The Hall–Kier alpha value is -1.66. The van der Waals surface area contributed by atoms with E-state index in [9.17, 15) is 9.90 Å². The van der Waals surface area contributed by atoms with Crippen LogP contribution in [-0.2, 0) is 9.47 Å². The summed E-state index contributed by atoms with van der Waals surface area (Å²) in [5.41, 5.74) is 0.527. The Kier molecular flexibility index (Phi) is 6.67. The molecule has 1 N–H and O–H groups in total. The fraction of sp³-hybridized carbons (Fsp3) is 0.793. The third-order valence-electron chi connectivity index (χ3n) is 10.4. The van der Waals surface area contributed by atoms with Crippen LogP contribution in [0.5, 0.6) is 5.88 Å². The number of nitrogens with zero attached hydrogens (tertiary/aromatic N) is 1. The van der Waals surface area contributed by atoms with Crippen LogP contribution in [0, 0.1) is 34.0 Å². The first-order valence-electron chi connectivity index (χ1n) is 13.7. The molecule has 5 rings (SSSR count). The van der Waals surface area contributed by atoms with Gasteiger partial charge in [0.05, 0.1) is 19.3 Å². The minimum Gasteiger partial charge on any atom is -0.477 e. The van der Waals surface area contributed by atoms with Gasteiger partial charge in [0.15, 0.2) is 6.29 Å². The first-order chi connectivity index (χ1) is 16.6. The molecule has 194 valence electrons. The molecule has 1 aliphatic heterocycles. The number of carboxylic acid groups (broad SMARTS) is 1. The SMILES string of the molecule is CC1(C)CCC2[C@]3(C)CO[C@@H](C4CCCC4)O[C@@H]3CC[C@@]2(C)[C@@H]1CCOc1ncccc1C(=O)O. The van der Waals surface area contributed by atoms with Gasteiger partial charge in [0, 0.05) is 17.5 Å². The minimum atomic E-state index is -1.00. The number of carbonyl (C=O) groups is 1. The van der Waals surface area contributed by atoms with Crippen molar-refractivity contribution in [3.05, 3.63) is 23.9 Å². The Bertz CT molecular complexity index is 927. The van der Waals surface area contributed by atoms with E-state index in [1.807, 2.05) is 0 Å². The quantitative estimate of drug-likeness (QED) is 0.507. The summed E-state index contributed by atoms with van der Waals surface area (Å²) in [5.74, 6) is 0.803. The summed E-state index contributed by atoms with van der Waals surface area (Å²) in [5, 5.41) is 9.47. The smallest absolute Gasteiger partial charge is 0.341 e. The highest BCUT2D eigenvalue weighted by Crippen LogP contribution is 2.66. The predicted octanol–water partition coefficient (Wildman–Crippen LogP) is 6.34. The van der Waals surface area contributed by atoms with Crippen molar-refractivity contribution in [2.75, 3.05) is 13.2 Å². The van der Waals surface area contributed by atoms with E-state index in [0.717, 1.165) is 25.9 Å². The maximum atomic E-state index is 11.6. The van der Waals surface area contributed by atoms with Crippen molar-refractivity contribution in [1.82, 2.24) is 4.98 Å². The van der Waals surface area contributed by atoms with Crippen LogP contribution in [0.4, 0.5) is 0 Å². The summed E-state index contributed by atoms with van der Waals surface area (Å²) < 4.78 is 19.2. The summed E-state index contributed by atoms with van der Waals surface area (Å²) in [4.78, 5) is 15.7. The van der Waals surface area contributed by atoms with Gasteiger partial charge in [0.1, 0.15) is 5.56 Å². The molecule has 6 atom stereocenters. The normalized spacial score (nSPS) is 39.0. The molecule has 3 aliphatic carbocycles. The van der Waals surface area contributed by atoms with E-state index in [-0.39, 0.29) is 40.1 Å². The summed E-state index contributed by atoms with van der Waals surface area (Å²) >= 11 is 0. The minimum absolute atomic E-state index is 0.00837. The highest BCUT2D eigenvalue weighted by atomic mass is 16.7. The van der Waals surface area contributed by atoms with Crippen LogP contribution in [-0.4, -0.2) is 41.7 Å². The monoisotopic (exact) mass is 485 g/mol. The second kappa shape index (κ2) is 9.33. The van der Waals surface area contributed by atoms with Gasteiger partial charge in [-0.1, -0.05) is 40.5 Å². The van der Waals surface area contributed by atoms with Crippen molar-refractivity contribution < 1.29 is 24.1 Å². The third-order valence-corrected chi connectivity index (χ3v) is 10.4. The van der Waals surface area contributed by atoms with Gasteiger partial charge in [-0.25, -0.2) is 9.78 Å². The van der Waals surface area contributed by atoms with Crippen LogP contribution in [0.15, 0.2) is 18.3 Å². The van der Waals surface area contributed by atoms with E-state index in [4.69, 9.17) is 14.2 Å². The van der Waals surface area contributed by atoms with Crippen molar-refractivity contribution in [2.24, 2.45) is 34.0 Å². The van der Waals surface area contributed by atoms with E-state index in [1.165, 1.54) is 38.5 Å². The second-order valence-corrected chi connectivity index (χ2v) is 12.8. The first kappa shape index (κ1) is 25.0. The van der Waals surface area contributed by atoms with Gasteiger partial charge in [-0.15, -0.1) is 0 Å². The lowest BCUT2D eigenvalue weighted by molar-refractivity contribution is -0.322. The number of pyridine rings is 1. The predicted molar refractivity (Wildman–Crippen MR) is 133 cm³/mol. The van der Waals surface area contributed by atoms with Crippen molar-refractivity contribution in [1.29, 1.82) is 0 Å². The summed E-state index contributed by atoms with van der Waals surface area (Å²) in [7, 11) is 0. The lowest BCUT2D eigenvalue weighted by Crippen LogP contribution is -2.63. The largest absolute Gasteiger partial charge is 0.477 e. The van der Waals surface area contributed by atoms with Crippen molar-refractivity contribution in [3.8, 4) is 5.88 Å². The first-order valence-corrected chi connectivity index (χ1v) is 13.7. The van der Waals surface area contributed by atoms with Gasteiger partial charge in [-0.3, -0.25) is 0 Å². The number of rotatable bonds is 6. The summed E-state index contributed by atoms with van der Waals surface area (Å²) in [6.45, 7) is 11.0. The van der Waals surface area contributed by atoms with Crippen LogP contribution in [0.25, 0.3) is 0 Å². The molecule has 0 radical (unpaired) electrons. The average molecular weight is 486 g/mol. The number of aromatic nitrogens is 1. The molecule has 0 aromatic carbocycles. The molecule has 3 saturated carbocycles. The van der Waals surface area contributed by atoms with E-state index < -0.39 is 5.97 Å². The molecule has 0 bridgehead atoms. The Balaban J connectivity index is 1.31. The fourth-order valence-corrected chi connectivity index (χ4v) is 8.60. The number of hydrogen-bond donors (Lipinski definition) is 1. The molecule has 4 aliphatic rings. The van der Waals surface area contributed by atoms with Gasteiger partial charge < -0.3 is 19.3 Å². The van der Waals surface area contributed by atoms with Crippen LogP contribution < -0.4 is 4.74 Å². The van der Waals surface area contributed by atoms with Crippen LogP contribution >= 0.6 is 0 Å². The Morgan fingerprint density at radius 3 is 2.63 bits per heavy atom. The van der Waals surface area contributed by atoms with Gasteiger partial charge >= 0.3 is 5.97 Å². The lowest BCUT2D eigenvalue weighted by atomic mass is 9.42. The molecule has 35 heavy (non-hydrogen) atoms. The Morgan fingerprint density at radius 1 is 1.11 bits per heavy atom. The molecular formula is C29H43NO5. The van der Waals surface area contributed by atoms with Gasteiger partial charge in [-0.2, -0.15) is 0 Å². The molecule has 0 spiro atoms. The van der Waals surface area contributed by atoms with Crippen molar-refractivity contribution in [2.45, 2.75) is 97.9 Å². The zero-order valence-corrected chi connectivity index (χ0v) is 21.9. The number of fused-ring (bicyclic) bond motifs is 3. The molecule has 1 aromatic heterocycles. The zero-order chi connectivity index (χ0) is 24.8. The molecule has 4 fully saturated rings. The molecule has 1 saturated heterocycles. The maximum Gasteiger partial charge on any atom is 0.341 e. The molecule has 1 aromatic rings. The molecule has 2 heterocycles. The molecule has 1 unspecified atom stereocenters. The average Bonchev–Trinajstić information content (AvgIpc) is 3.35. The molecule has 0 amide bonds. The molecular weight excluding hydrogens is 442 g/mol. The van der Waals surface area contributed by atoms with Crippen LogP contribution in [0.1, 0.15) is 95.8 Å². The highest BCUT2D eigenvalue weighted by Gasteiger charge is 2.62.